The highest BCUT2D eigenvalue weighted by Gasteiger charge is 2.36. The van der Waals surface area contributed by atoms with Gasteiger partial charge in [-0.15, -0.1) is 11.3 Å². The quantitative estimate of drug-likeness (QED) is 0.378. The zero-order valence-corrected chi connectivity index (χ0v) is 22.7. The highest BCUT2D eigenvalue weighted by atomic mass is 32.2. The van der Waals surface area contributed by atoms with E-state index in [4.69, 9.17) is 9.47 Å². The molecule has 1 saturated heterocycles. The minimum atomic E-state index is -3.45. The van der Waals surface area contributed by atoms with Gasteiger partial charge in [-0.2, -0.15) is 0 Å². The van der Waals surface area contributed by atoms with Gasteiger partial charge in [0.2, 0.25) is 15.9 Å². The third-order valence-corrected chi connectivity index (χ3v) is 9.02. The van der Waals surface area contributed by atoms with Crippen LogP contribution < -0.4 is 14.8 Å². The number of anilines is 1. The Morgan fingerprint density at radius 1 is 1.29 bits per heavy atom. The molecule has 14 heteroatoms. The lowest BCUT2D eigenvalue weighted by Crippen LogP contribution is -2.48. The number of rotatable bonds is 10. The van der Waals surface area contributed by atoms with Crippen LogP contribution in [0.5, 0.6) is 5.88 Å². The summed E-state index contributed by atoms with van der Waals surface area (Å²) in [6.07, 6.45) is 7.14. The molecule has 4 heterocycles. The number of nitrogens with one attached hydrogen (secondary N) is 2. The fourth-order valence-electron chi connectivity index (χ4n) is 4.06. The molecule has 1 saturated carbocycles. The number of likely N-dealkylation sites (N-methyl/N-ethyl adjacent to an activating group) is 1. The van der Waals surface area contributed by atoms with E-state index in [-0.39, 0.29) is 10.3 Å². The molecule has 1 aliphatic carbocycles. The molecule has 2 atom stereocenters. The van der Waals surface area contributed by atoms with Crippen LogP contribution in [0.1, 0.15) is 41.3 Å². The molecule has 3 aromatic heterocycles. The summed E-state index contributed by atoms with van der Waals surface area (Å²) < 4.78 is 39.0. The third kappa shape index (κ3) is 6.26. The molecule has 0 aromatic carbocycles. The van der Waals surface area contributed by atoms with Gasteiger partial charge in [0.25, 0.3) is 5.91 Å². The molecule has 2 aliphatic rings. The fourth-order valence-corrected chi connectivity index (χ4v) is 6.22. The predicted molar refractivity (Wildman–Crippen MR) is 142 cm³/mol. The number of carbonyl (C=O) groups is 1. The Morgan fingerprint density at radius 2 is 2.13 bits per heavy atom. The molecule has 2 N–H and O–H groups in total. The van der Waals surface area contributed by atoms with Gasteiger partial charge in [-0.25, -0.2) is 18.4 Å². The van der Waals surface area contributed by atoms with Crippen LogP contribution in [0.2, 0.25) is 0 Å². The van der Waals surface area contributed by atoms with E-state index in [0.29, 0.717) is 60.4 Å². The Hall–Kier alpha value is -3.20. The van der Waals surface area contributed by atoms with Crippen LogP contribution in [0.25, 0.3) is 10.6 Å². The van der Waals surface area contributed by atoms with E-state index in [1.165, 1.54) is 23.7 Å². The molecule has 1 amide bonds. The van der Waals surface area contributed by atoms with Crippen LogP contribution in [0.4, 0.5) is 5.69 Å². The van der Waals surface area contributed by atoms with Crippen LogP contribution in [0.3, 0.4) is 0 Å². The monoisotopic (exact) mass is 559 g/mol. The number of aromatic nitrogens is 4. The lowest BCUT2D eigenvalue weighted by Gasteiger charge is -2.35. The lowest BCUT2D eigenvalue weighted by molar-refractivity contribution is -0.0387. The lowest BCUT2D eigenvalue weighted by atomic mass is 10.0. The van der Waals surface area contributed by atoms with Crippen molar-refractivity contribution in [1.82, 2.24) is 30.2 Å². The van der Waals surface area contributed by atoms with Crippen LogP contribution in [-0.2, 0) is 14.8 Å². The number of carbonyl (C=O) groups excluding carboxylic acids is 1. The van der Waals surface area contributed by atoms with E-state index in [0.717, 1.165) is 6.54 Å². The first kappa shape index (κ1) is 26.4. The molecule has 1 aliphatic heterocycles. The van der Waals surface area contributed by atoms with Gasteiger partial charge in [0.05, 0.1) is 59.3 Å². The number of hydrogen-bond acceptors (Lipinski definition) is 11. The van der Waals surface area contributed by atoms with Crippen molar-refractivity contribution in [2.24, 2.45) is 0 Å². The maximum atomic E-state index is 13.3. The van der Waals surface area contributed by atoms with E-state index in [2.05, 4.69) is 34.9 Å². The van der Waals surface area contributed by atoms with Gasteiger partial charge in [0, 0.05) is 25.5 Å². The van der Waals surface area contributed by atoms with Gasteiger partial charge in [-0.05, 0) is 38.9 Å². The Morgan fingerprint density at radius 3 is 2.89 bits per heavy atom. The first-order valence-corrected chi connectivity index (χ1v) is 14.7. The topological polar surface area (TPSA) is 149 Å². The minimum Gasteiger partial charge on any atom is -0.477 e. The number of amides is 1. The fraction of sp³-hybridized carbons (Fsp3) is 0.458. The molecule has 0 radical (unpaired) electrons. The molecule has 1 unspecified atom stereocenters. The average molecular weight is 560 g/mol. The second-order valence-corrected chi connectivity index (χ2v) is 12.1. The third-order valence-electron chi connectivity index (χ3n) is 6.14. The van der Waals surface area contributed by atoms with Gasteiger partial charge < -0.3 is 19.7 Å². The smallest absolute Gasteiger partial charge is 0.280 e. The van der Waals surface area contributed by atoms with E-state index < -0.39 is 28.1 Å². The summed E-state index contributed by atoms with van der Waals surface area (Å²) in [5.74, 6) is -0.00550. The molecule has 12 nitrogen and oxygen atoms in total. The van der Waals surface area contributed by atoms with Crippen molar-refractivity contribution < 1.29 is 22.7 Å². The normalized spacial score (nSPS) is 19.1. The van der Waals surface area contributed by atoms with Crippen LogP contribution in [0, 0.1) is 0 Å². The molecular formula is C24H29N7O5S2. The molecule has 3 aromatic rings. The zero-order valence-electron chi connectivity index (χ0n) is 21.0. The maximum absolute atomic E-state index is 13.3. The standard InChI is InChI=1S/C24H29N7O5S2/c1-3-35-21-13-25-11-18(28-21)20-12-27-24(37-20)23(32)29-22(19-14-31(2)8-9-36-19)17-10-15(6-7-26-17)30-38(33,34)16-4-5-16/h6-7,10-13,16,19,22H,3-5,8-9,14H2,1-2H3,(H,26,30)(H,29,32)/t19?,22-/m1/s1. The molecule has 5 rings (SSSR count). The van der Waals surface area contributed by atoms with Crippen molar-refractivity contribution in [1.29, 1.82) is 0 Å². The van der Waals surface area contributed by atoms with Crippen molar-refractivity contribution in [3.63, 3.8) is 0 Å². The van der Waals surface area contributed by atoms with Gasteiger partial charge in [0.1, 0.15) is 5.69 Å². The van der Waals surface area contributed by atoms with Crippen LogP contribution >= 0.6 is 11.3 Å². The van der Waals surface area contributed by atoms with Crippen molar-refractivity contribution in [3.8, 4) is 16.5 Å². The zero-order chi connectivity index (χ0) is 26.7. The van der Waals surface area contributed by atoms with Crippen LogP contribution in [0.15, 0.2) is 36.9 Å². The van der Waals surface area contributed by atoms with Gasteiger partial charge in [0.15, 0.2) is 5.01 Å². The Balaban J connectivity index is 1.38. The molecule has 0 spiro atoms. The largest absolute Gasteiger partial charge is 0.477 e. The summed E-state index contributed by atoms with van der Waals surface area (Å²) >= 11 is 1.18. The van der Waals surface area contributed by atoms with E-state index in [9.17, 15) is 13.2 Å². The average Bonchev–Trinajstić information content (AvgIpc) is 3.65. The first-order chi connectivity index (χ1) is 18.3. The summed E-state index contributed by atoms with van der Waals surface area (Å²) in [5, 5.41) is 2.90. The summed E-state index contributed by atoms with van der Waals surface area (Å²) in [7, 11) is -1.47. The molecule has 2 fully saturated rings. The Bertz CT molecular complexity index is 1400. The second kappa shape index (κ2) is 11.3. The van der Waals surface area contributed by atoms with Crippen molar-refractivity contribution >= 4 is 33.0 Å². The first-order valence-electron chi connectivity index (χ1n) is 12.3. The number of nitrogens with zero attached hydrogens (tertiary/aromatic N) is 5. The highest BCUT2D eigenvalue weighted by molar-refractivity contribution is 7.93. The van der Waals surface area contributed by atoms with Gasteiger partial charge in [-0.3, -0.25) is 19.5 Å². The SMILES string of the molecule is CCOc1cncc(-c2cnc(C(=O)N[C@H](c3cc(NS(=O)(=O)C4CC4)ccn3)C3CN(C)CCO3)s2)n1. The molecule has 0 bridgehead atoms. The Labute approximate surface area is 224 Å². The van der Waals surface area contributed by atoms with Crippen molar-refractivity contribution in [2.75, 3.05) is 38.1 Å². The summed E-state index contributed by atoms with van der Waals surface area (Å²) in [5.41, 5.74) is 1.44. The van der Waals surface area contributed by atoms with Crippen LogP contribution in [-0.4, -0.2) is 83.9 Å². The van der Waals surface area contributed by atoms with E-state index in [1.807, 2.05) is 14.0 Å². The van der Waals surface area contributed by atoms with Gasteiger partial charge in [-0.1, -0.05) is 0 Å². The number of pyridine rings is 1. The minimum absolute atomic E-state index is 0.239. The number of thiazole rings is 1. The molecule has 202 valence electrons. The molecule has 38 heavy (non-hydrogen) atoms. The number of ether oxygens (including phenoxy) is 2. The van der Waals surface area contributed by atoms with Crippen molar-refractivity contribution in [3.05, 3.63) is 47.6 Å². The number of morpholine rings is 1. The van der Waals surface area contributed by atoms with Crippen molar-refractivity contribution in [2.45, 2.75) is 37.2 Å². The van der Waals surface area contributed by atoms with Gasteiger partial charge >= 0.3 is 0 Å². The summed E-state index contributed by atoms with van der Waals surface area (Å²) in [4.78, 5) is 33.5. The molecular weight excluding hydrogens is 530 g/mol. The maximum Gasteiger partial charge on any atom is 0.280 e. The predicted octanol–water partition coefficient (Wildman–Crippen LogP) is 2.10. The Kier molecular flexibility index (Phi) is 7.83. The number of hydrogen-bond donors (Lipinski definition) is 2. The highest BCUT2D eigenvalue weighted by Crippen LogP contribution is 2.31. The summed E-state index contributed by atoms with van der Waals surface area (Å²) in [6.45, 7) is 4.15. The number of sulfonamides is 1. The van der Waals surface area contributed by atoms with E-state index in [1.54, 1.807) is 24.5 Å². The second-order valence-electron chi connectivity index (χ2n) is 9.14. The van der Waals surface area contributed by atoms with E-state index >= 15 is 0 Å². The summed E-state index contributed by atoms with van der Waals surface area (Å²) in [6, 6.07) is 2.61.